The Labute approximate surface area is 201 Å². The molecular weight excluding hydrogens is 430 g/mol. The van der Waals surface area contributed by atoms with Gasteiger partial charge in [0.05, 0.1) is 11.1 Å². The molecule has 0 aliphatic carbocycles. The maximum atomic E-state index is 13.2. The van der Waals surface area contributed by atoms with Gasteiger partial charge < -0.3 is 10.2 Å². The van der Waals surface area contributed by atoms with Crippen LogP contribution in [0.1, 0.15) is 71.9 Å². The summed E-state index contributed by atoms with van der Waals surface area (Å²) in [6.07, 6.45) is 1.25. The molecule has 34 heavy (non-hydrogen) atoms. The van der Waals surface area contributed by atoms with E-state index < -0.39 is 6.04 Å². The van der Waals surface area contributed by atoms with Crippen molar-refractivity contribution < 1.29 is 19.2 Å². The van der Waals surface area contributed by atoms with Gasteiger partial charge in [0, 0.05) is 25.6 Å². The normalized spacial score (nSPS) is 14.5. The molecule has 0 fully saturated rings. The molecule has 2 aromatic carbocycles. The summed E-state index contributed by atoms with van der Waals surface area (Å²) in [6, 6.07) is 14.0. The third-order valence-corrected chi connectivity index (χ3v) is 6.29. The van der Waals surface area contributed by atoms with Crippen molar-refractivity contribution in [3.8, 4) is 0 Å². The molecular formula is C27H33N3O4. The molecule has 0 radical (unpaired) electrons. The van der Waals surface area contributed by atoms with Crippen molar-refractivity contribution in [2.45, 2.75) is 65.6 Å². The number of rotatable bonds is 10. The summed E-state index contributed by atoms with van der Waals surface area (Å²) >= 11 is 0. The second-order valence-electron chi connectivity index (χ2n) is 8.91. The number of carbonyl (C=O) groups excluding carboxylic acids is 4. The smallest absolute Gasteiger partial charge is 0.261 e. The zero-order valence-electron chi connectivity index (χ0n) is 20.3. The lowest BCUT2D eigenvalue weighted by molar-refractivity contribution is -0.141. The predicted octanol–water partition coefficient (Wildman–Crippen LogP) is 3.70. The fourth-order valence-corrected chi connectivity index (χ4v) is 3.91. The molecule has 1 aliphatic heterocycles. The van der Waals surface area contributed by atoms with Gasteiger partial charge in [-0.3, -0.25) is 24.1 Å². The SMILES string of the molecule is CC[C@H](C)NC(=O)[C@H](C)N(Cc1ccc(C)cc1)C(=O)CCCN1C(=O)c2ccccc2C1=O. The quantitative estimate of drug-likeness (QED) is 0.545. The van der Waals surface area contributed by atoms with Crippen LogP contribution in [-0.4, -0.2) is 52.1 Å². The highest BCUT2D eigenvalue weighted by atomic mass is 16.2. The maximum absolute atomic E-state index is 13.2. The summed E-state index contributed by atoms with van der Waals surface area (Å²) < 4.78 is 0. The average Bonchev–Trinajstić information content (AvgIpc) is 3.08. The number of fused-ring (bicyclic) bond motifs is 1. The number of nitrogens with zero attached hydrogens (tertiary/aromatic N) is 2. The average molecular weight is 464 g/mol. The van der Waals surface area contributed by atoms with E-state index in [1.165, 1.54) is 4.90 Å². The third-order valence-electron chi connectivity index (χ3n) is 6.29. The first-order valence-electron chi connectivity index (χ1n) is 11.8. The zero-order chi connectivity index (χ0) is 24.8. The van der Waals surface area contributed by atoms with Crippen molar-refractivity contribution >= 4 is 23.6 Å². The minimum atomic E-state index is -0.651. The van der Waals surface area contributed by atoms with Gasteiger partial charge >= 0.3 is 0 Å². The fraction of sp³-hybridized carbons (Fsp3) is 0.407. The van der Waals surface area contributed by atoms with Crippen LogP contribution in [0.5, 0.6) is 0 Å². The molecule has 0 unspecified atom stereocenters. The molecule has 0 spiro atoms. The molecule has 2 atom stereocenters. The van der Waals surface area contributed by atoms with Crippen molar-refractivity contribution in [2.75, 3.05) is 6.54 Å². The monoisotopic (exact) mass is 463 g/mol. The molecule has 7 nitrogen and oxygen atoms in total. The number of nitrogens with one attached hydrogen (secondary N) is 1. The van der Waals surface area contributed by atoms with Crippen LogP contribution in [-0.2, 0) is 16.1 Å². The van der Waals surface area contributed by atoms with Crippen LogP contribution in [0.15, 0.2) is 48.5 Å². The number of amides is 4. The maximum Gasteiger partial charge on any atom is 0.261 e. The Morgan fingerprint density at radius 2 is 1.56 bits per heavy atom. The molecule has 3 rings (SSSR count). The third kappa shape index (κ3) is 5.71. The van der Waals surface area contributed by atoms with E-state index in [0.717, 1.165) is 17.5 Å². The van der Waals surface area contributed by atoms with Gasteiger partial charge in [0.1, 0.15) is 6.04 Å². The Morgan fingerprint density at radius 3 is 2.12 bits per heavy atom. The highest BCUT2D eigenvalue weighted by Gasteiger charge is 2.35. The van der Waals surface area contributed by atoms with E-state index in [1.807, 2.05) is 45.0 Å². The zero-order valence-corrected chi connectivity index (χ0v) is 20.3. The molecule has 1 heterocycles. The molecule has 4 amide bonds. The summed E-state index contributed by atoms with van der Waals surface area (Å²) in [4.78, 5) is 53.9. The van der Waals surface area contributed by atoms with Gasteiger partial charge in [-0.1, -0.05) is 48.9 Å². The van der Waals surface area contributed by atoms with Gasteiger partial charge in [-0.25, -0.2) is 0 Å². The number of hydrogen-bond donors (Lipinski definition) is 1. The van der Waals surface area contributed by atoms with Crippen LogP contribution in [0.3, 0.4) is 0 Å². The molecule has 7 heteroatoms. The summed E-state index contributed by atoms with van der Waals surface area (Å²) in [5, 5.41) is 2.95. The molecule has 0 saturated carbocycles. The number of hydrogen-bond acceptors (Lipinski definition) is 4. The first-order valence-corrected chi connectivity index (χ1v) is 11.8. The summed E-state index contributed by atoms with van der Waals surface area (Å²) in [5.41, 5.74) is 2.85. The van der Waals surface area contributed by atoms with Gasteiger partial charge in [0.15, 0.2) is 0 Å². The van der Waals surface area contributed by atoms with Crippen LogP contribution in [0.4, 0.5) is 0 Å². The standard InChI is InChI=1S/C27H33N3O4/c1-5-19(3)28-25(32)20(4)30(17-21-14-12-18(2)13-15-21)24(31)11-8-16-29-26(33)22-9-6-7-10-23(22)27(29)34/h6-7,9-10,12-15,19-20H,5,8,11,16-17H2,1-4H3,(H,28,32)/t19-,20-/m0/s1. The first-order chi connectivity index (χ1) is 16.2. The van der Waals surface area contributed by atoms with Crippen molar-refractivity contribution in [1.29, 1.82) is 0 Å². The van der Waals surface area contributed by atoms with Gasteiger partial charge in [0.2, 0.25) is 11.8 Å². The van der Waals surface area contributed by atoms with E-state index in [0.29, 0.717) is 24.1 Å². The van der Waals surface area contributed by atoms with E-state index in [2.05, 4.69) is 5.32 Å². The lowest BCUT2D eigenvalue weighted by Gasteiger charge is -2.30. The van der Waals surface area contributed by atoms with Crippen LogP contribution in [0.2, 0.25) is 0 Å². The van der Waals surface area contributed by atoms with E-state index in [1.54, 1.807) is 36.1 Å². The molecule has 0 aromatic heterocycles. The number of carbonyl (C=O) groups is 4. The minimum Gasteiger partial charge on any atom is -0.352 e. The lowest BCUT2D eigenvalue weighted by atomic mass is 10.1. The molecule has 2 aromatic rings. The largest absolute Gasteiger partial charge is 0.352 e. The van der Waals surface area contributed by atoms with E-state index in [4.69, 9.17) is 0 Å². The summed E-state index contributed by atoms with van der Waals surface area (Å²) in [5.74, 6) is -1.05. The number of aryl methyl sites for hydroxylation is 1. The van der Waals surface area contributed by atoms with Gasteiger partial charge in [-0.2, -0.15) is 0 Å². The topological polar surface area (TPSA) is 86.8 Å². The molecule has 0 bridgehead atoms. The highest BCUT2D eigenvalue weighted by Crippen LogP contribution is 2.23. The van der Waals surface area contributed by atoms with Gasteiger partial charge in [-0.15, -0.1) is 0 Å². The van der Waals surface area contributed by atoms with Crippen molar-refractivity contribution in [3.63, 3.8) is 0 Å². The molecule has 1 N–H and O–H groups in total. The van der Waals surface area contributed by atoms with E-state index in [-0.39, 0.29) is 42.6 Å². The fourth-order valence-electron chi connectivity index (χ4n) is 3.91. The van der Waals surface area contributed by atoms with Crippen LogP contribution in [0.25, 0.3) is 0 Å². The van der Waals surface area contributed by atoms with Crippen LogP contribution < -0.4 is 5.32 Å². The Hall–Kier alpha value is -3.48. The van der Waals surface area contributed by atoms with Crippen LogP contribution >= 0.6 is 0 Å². The van der Waals surface area contributed by atoms with Gasteiger partial charge in [0.25, 0.3) is 11.8 Å². The molecule has 1 aliphatic rings. The number of benzene rings is 2. The van der Waals surface area contributed by atoms with Gasteiger partial charge in [-0.05, 0) is 51.3 Å². The van der Waals surface area contributed by atoms with E-state index in [9.17, 15) is 19.2 Å². The second-order valence-corrected chi connectivity index (χ2v) is 8.91. The van der Waals surface area contributed by atoms with E-state index >= 15 is 0 Å². The summed E-state index contributed by atoms with van der Waals surface area (Å²) in [6.45, 7) is 8.11. The predicted molar refractivity (Wildman–Crippen MR) is 130 cm³/mol. The molecule has 180 valence electrons. The highest BCUT2D eigenvalue weighted by molar-refractivity contribution is 6.21. The minimum absolute atomic E-state index is 0.0140. The Morgan fingerprint density at radius 1 is 0.971 bits per heavy atom. The lowest BCUT2D eigenvalue weighted by Crippen LogP contribution is -2.49. The molecule has 0 saturated heterocycles. The van der Waals surface area contributed by atoms with Crippen molar-refractivity contribution in [3.05, 3.63) is 70.8 Å². The summed E-state index contributed by atoms with van der Waals surface area (Å²) in [7, 11) is 0. The van der Waals surface area contributed by atoms with Crippen LogP contribution in [0, 0.1) is 6.92 Å². The Bertz CT molecular complexity index is 1030. The Balaban J connectivity index is 1.67. The van der Waals surface area contributed by atoms with Crippen molar-refractivity contribution in [1.82, 2.24) is 15.1 Å². The number of imide groups is 1. The van der Waals surface area contributed by atoms with Crippen molar-refractivity contribution in [2.24, 2.45) is 0 Å². The second kappa shape index (κ2) is 11.1. The Kier molecular flexibility index (Phi) is 8.21. The first kappa shape index (κ1) is 25.1.